The monoisotopic (exact) mass is 391 g/mol. The first-order valence-electron chi connectivity index (χ1n) is 8.78. The third-order valence-corrected chi connectivity index (χ3v) is 6.51. The molecule has 0 spiro atoms. The van der Waals surface area contributed by atoms with Crippen LogP contribution in [0.4, 0.5) is 14.5 Å². The smallest absolute Gasteiger partial charge is 0.246 e. The van der Waals surface area contributed by atoms with Gasteiger partial charge in [-0.25, -0.2) is 13.8 Å². The van der Waals surface area contributed by atoms with E-state index in [9.17, 15) is 13.6 Å². The molecule has 2 N–H and O–H groups in total. The Hall–Kier alpha value is -2.32. The third kappa shape index (κ3) is 4.01. The van der Waals surface area contributed by atoms with Crippen molar-refractivity contribution in [3.8, 4) is 5.88 Å². The van der Waals surface area contributed by atoms with Crippen LogP contribution in [0, 0.1) is 11.6 Å². The summed E-state index contributed by atoms with van der Waals surface area (Å²) in [6, 6.07) is 5.20. The van der Waals surface area contributed by atoms with Gasteiger partial charge >= 0.3 is 0 Å². The maximum Gasteiger partial charge on any atom is 0.246 e. The zero-order valence-electron chi connectivity index (χ0n) is 15.8. The Balaban J connectivity index is 1.85. The molecular weight excluding hydrogens is 368 g/mol. The lowest BCUT2D eigenvalue weighted by Gasteiger charge is -2.26. The van der Waals surface area contributed by atoms with Crippen LogP contribution >= 0.6 is 0 Å². The van der Waals surface area contributed by atoms with Gasteiger partial charge in [-0.1, -0.05) is 19.6 Å². The van der Waals surface area contributed by atoms with Crippen molar-refractivity contribution in [1.82, 2.24) is 10.3 Å². The van der Waals surface area contributed by atoms with Gasteiger partial charge < -0.3 is 15.4 Å². The second-order valence-electron chi connectivity index (χ2n) is 7.58. The molecule has 0 aliphatic carbocycles. The first-order valence-corrected chi connectivity index (χ1v) is 12.3. The van der Waals surface area contributed by atoms with Crippen LogP contribution in [0.5, 0.6) is 5.88 Å². The number of rotatable bonds is 4. The molecule has 0 bridgehead atoms. The summed E-state index contributed by atoms with van der Waals surface area (Å²) in [5.74, 6) is -1.14. The van der Waals surface area contributed by atoms with Crippen molar-refractivity contribution in [1.29, 1.82) is 0 Å². The lowest BCUT2D eigenvalue weighted by molar-refractivity contribution is -0.118. The molecule has 1 atom stereocenters. The van der Waals surface area contributed by atoms with E-state index in [4.69, 9.17) is 4.74 Å². The minimum Gasteiger partial charge on any atom is -0.481 e. The van der Waals surface area contributed by atoms with Gasteiger partial charge in [0.05, 0.1) is 20.9 Å². The fraction of sp³-hybridized carbons (Fsp3) is 0.368. The van der Waals surface area contributed by atoms with Crippen LogP contribution < -0.4 is 20.6 Å². The number of carbonyl (C=O) groups excluding carboxylic acids is 1. The van der Waals surface area contributed by atoms with Gasteiger partial charge in [0.15, 0.2) is 0 Å². The Kier molecular flexibility index (Phi) is 5.30. The largest absolute Gasteiger partial charge is 0.481 e. The Labute approximate surface area is 158 Å². The number of amides is 1. The van der Waals surface area contributed by atoms with Crippen LogP contribution in [0.25, 0.3) is 0 Å². The number of aromatic nitrogens is 1. The van der Waals surface area contributed by atoms with Gasteiger partial charge in [0.2, 0.25) is 11.8 Å². The molecule has 1 amide bonds. The summed E-state index contributed by atoms with van der Waals surface area (Å²) in [4.78, 5) is 17.1. The molecule has 0 unspecified atom stereocenters. The second kappa shape index (κ2) is 7.36. The zero-order valence-corrected chi connectivity index (χ0v) is 16.8. The molecule has 2 aromatic rings. The van der Waals surface area contributed by atoms with E-state index in [1.54, 1.807) is 12.1 Å². The summed E-state index contributed by atoms with van der Waals surface area (Å²) in [5.41, 5.74) is 1.62. The molecule has 0 saturated carbocycles. The zero-order chi connectivity index (χ0) is 19.8. The summed E-state index contributed by atoms with van der Waals surface area (Å²) >= 11 is 0. The lowest BCUT2D eigenvalue weighted by Crippen LogP contribution is -2.42. The number of ether oxygens (including phenoxy) is 1. The van der Waals surface area contributed by atoms with Crippen LogP contribution in [0.15, 0.2) is 24.3 Å². The first-order chi connectivity index (χ1) is 12.7. The van der Waals surface area contributed by atoms with Crippen molar-refractivity contribution in [2.24, 2.45) is 0 Å². The number of hydrogen-bond acceptors (Lipinski definition) is 4. The van der Waals surface area contributed by atoms with Crippen molar-refractivity contribution >= 4 is 24.9 Å². The molecular formula is C19H23F2N3O2Si. The maximum atomic E-state index is 14.4. The van der Waals surface area contributed by atoms with Crippen molar-refractivity contribution < 1.29 is 18.3 Å². The van der Waals surface area contributed by atoms with E-state index >= 15 is 0 Å². The Morgan fingerprint density at radius 2 is 1.93 bits per heavy atom. The number of anilines is 1. The van der Waals surface area contributed by atoms with Gasteiger partial charge in [0, 0.05) is 35.5 Å². The highest BCUT2D eigenvalue weighted by molar-refractivity contribution is 6.88. The molecule has 1 aromatic heterocycles. The molecule has 3 rings (SSSR count). The fourth-order valence-corrected chi connectivity index (χ4v) is 4.90. The minimum absolute atomic E-state index is 0.104. The van der Waals surface area contributed by atoms with Crippen molar-refractivity contribution in [2.75, 3.05) is 19.0 Å². The highest BCUT2D eigenvalue weighted by Crippen LogP contribution is 2.25. The van der Waals surface area contributed by atoms with Crippen molar-refractivity contribution in [3.05, 3.63) is 47.2 Å². The predicted octanol–water partition coefficient (Wildman–Crippen LogP) is 2.74. The van der Waals surface area contributed by atoms with E-state index in [2.05, 4.69) is 15.6 Å². The van der Waals surface area contributed by atoms with Gasteiger partial charge in [-0.3, -0.25) is 4.79 Å². The van der Waals surface area contributed by atoms with Crippen LogP contribution in [-0.2, 0) is 11.2 Å². The van der Waals surface area contributed by atoms with E-state index < -0.39 is 25.8 Å². The van der Waals surface area contributed by atoms with Gasteiger partial charge in [-0.2, -0.15) is 0 Å². The number of carbonyl (C=O) groups is 1. The normalized spacial score (nSPS) is 16.6. The number of halogens is 2. The van der Waals surface area contributed by atoms with E-state index in [1.165, 1.54) is 19.2 Å². The minimum atomic E-state index is -2.17. The van der Waals surface area contributed by atoms with Crippen LogP contribution in [-0.4, -0.2) is 32.6 Å². The van der Waals surface area contributed by atoms with Crippen LogP contribution in [0.3, 0.4) is 0 Å². The Bertz CT molecular complexity index is 861. The lowest BCUT2D eigenvalue weighted by atomic mass is 9.98. The summed E-state index contributed by atoms with van der Waals surface area (Å²) in [6.45, 7) is 6.19. The number of benzene rings is 1. The first kappa shape index (κ1) is 19.4. The molecule has 144 valence electrons. The number of hydrogen-bond donors (Lipinski definition) is 2. The molecule has 0 saturated heterocycles. The summed E-state index contributed by atoms with van der Waals surface area (Å²) in [6.07, 6.45) is 0.671. The second-order valence-corrected chi connectivity index (χ2v) is 12.6. The summed E-state index contributed by atoms with van der Waals surface area (Å²) < 4.78 is 34.0. The van der Waals surface area contributed by atoms with Gasteiger partial charge in [-0.05, 0) is 18.2 Å². The molecule has 1 aliphatic rings. The Morgan fingerprint density at radius 1 is 1.26 bits per heavy atom. The van der Waals surface area contributed by atoms with Crippen molar-refractivity contribution in [3.63, 3.8) is 0 Å². The molecule has 0 fully saturated rings. The topological polar surface area (TPSA) is 63.2 Å². The summed E-state index contributed by atoms with van der Waals surface area (Å²) in [5, 5.41) is 5.88. The highest BCUT2D eigenvalue weighted by Gasteiger charge is 2.29. The SMILES string of the molecule is COc1ccc2c(n1)CCN[C@H]2C(=O)Nc1cc(F)c([Si](C)(C)C)c(F)c1. The average molecular weight is 391 g/mol. The maximum absolute atomic E-state index is 14.4. The number of methoxy groups -OCH3 is 1. The Morgan fingerprint density at radius 3 is 2.52 bits per heavy atom. The number of nitrogens with zero attached hydrogens (tertiary/aromatic N) is 1. The quantitative estimate of drug-likeness (QED) is 0.787. The standard InChI is InChI=1S/C19H23F2N3O2Si/c1-26-16-6-5-12-15(24-16)7-8-22-17(12)19(25)23-11-9-13(20)18(14(21)10-11)27(2,3)4/h5-6,9-10,17,22H,7-8H2,1-4H3,(H,23,25)/t17-/m1/s1. The molecule has 5 nitrogen and oxygen atoms in total. The van der Waals surface area contributed by atoms with Crippen LogP contribution in [0.2, 0.25) is 19.6 Å². The number of pyridine rings is 1. The molecule has 8 heteroatoms. The molecule has 0 radical (unpaired) electrons. The molecule has 2 heterocycles. The molecule has 1 aromatic carbocycles. The highest BCUT2D eigenvalue weighted by atomic mass is 28.3. The molecule has 27 heavy (non-hydrogen) atoms. The van der Waals surface area contributed by atoms with E-state index in [0.29, 0.717) is 18.8 Å². The van der Waals surface area contributed by atoms with E-state index in [1.807, 2.05) is 19.6 Å². The number of fused-ring (bicyclic) bond motifs is 1. The predicted molar refractivity (Wildman–Crippen MR) is 103 cm³/mol. The van der Waals surface area contributed by atoms with E-state index in [-0.39, 0.29) is 16.8 Å². The van der Waals surface area contributed by atoms with Gasteiger partial charge in [0.1, 0.15) is 17.7 Å². The van der Waals surface area contributed by atoms with Crippen molar-refractivity contribution in [2.45, 2.75) is 32.1 Å². The van der Waals surface area contributed by atoms with Crippen LogP contribution in [0.1, 0.15) is 17.3 Å². The van der Waals surface area contributed by atoms with Gasteiger partial charge in [-0.15, -0.1) is 0 Å². The van der Waals surface area contributed by atoms with Gasteiger partial charge in [0.25, 0.3) is 0 Å². The number of nitrogens with one attached hydrogen (secondary N) is 2. The third-order valence-electron chi connectivity index (χ3n) is 4.54. The van der Waals surface area contributed by atoms with E-state index in [0.717, 1.165) is 11.3 Å². The average Bonchev–Trinajstić information content (AvgIpc) is 2.58. The summed E-state index contributed by atoms with van der Waals surface area (Å²) in [7, 11) is -0.634. The fourth-order valence-electron chi connectivity index (χ4n) is 3.32. The molecule has 1 aliphatic heterocycles.